The van der Waals surface area contributed by atoms with Crippen LogP contribution in [0.15, 0.2) is 24.3 Å². The van der Waals surface area contributed by atoms with Crippen molar-refractivity contribution in [1.29, 1.82) is 0 Å². The Bertz CT molecular complexity index is 810. The first kappa shape index (κ1) is 24.0. The van der Waals surface area contributed by atoms with Gasteiger partial charge in [0.2, 0.25) is 11.8 Å². The third-order valence-corrected chi connectivity index (χ3v) is 7.34. The highest BCUT2D eigenvalue weighted by Gasteiger charge is 2.50. The van der Waals surface area contributed by atoms with Gasteiger partial charge in [-0.15, -0.1) is 0 Å². The maximum Gasteiger partial charge on any atom is 0.245 e. The number of hydrogen-bond donors (Lipinski definition) is 3. The van der Waals surface area contributed by atoms with Crippen molar-refractivity contribution in [3.05, 3.63) is 34.9 Å². The Kier molecular flexibility index (Phi) is 7.04. The van der Waals surface area contributed by atoms with Crippen LogP contribution in [0, 0.1) is 17.3 Å². The Hall–Kier alpha value is -1.63. The van der Waals surface area contributed by atoms with Gasteiger partial charge >= 0.3 is 0 Å². The number of halogens is 1. The molecule has 4 atom stereocenters. The van der Waals surface area contributed by atoms with Crippen LogP contribution >= 0.6 is 11.6 Å². The number of hydrogen-bond acceptors (Lipinski definition) is 4. The number of likely N-dealkylation sites (tertiary alicyclic amines) is 1. The van der Waals surface area contributed by atoms with Gasteiger partial charge < -0.3 is 20.4 Å². The fraction of sp³-hybridized carbons (Fsp3) is 0.667. The third kappa shape index (κ3) is 4.91. The maximum atomic E-state index is 13.4. The zero-order valence-corrected chi connectivity index (χ0v) is 19.7. The minimum absolute atomic E-state index is 0.0667. The number of benzene rings is 1. The largest absolute Gasteiger partial charge is 0.393 e. The van der Waals surface area contributed by atoms with Crippen molar-refractivity contribution >= 4 is 23.4 Å². The van der Waals surface area contributed by atoms with Gasteiger partial charge in [-0.1, -0.05) is 51.4 Å². The van der Waals surface area contributed by atoms with Crippen LogP contribution in [0.25, 0.3) is 0 Å². The van der Waals surface area contributed by atoms with Gasteiger partial charge in [0.25, 0.3) is 0 Å². The maximum absolute atomic E-state index is 13.4. The second-order valence-corrected chi connectivity index (χ2v) is 10.6. The van der Waals surface area contributed by atoms with Crippen LogP contribution in [0.4, 0.5) is 0 Å². The van der Waals surface area contributed by atoms with Gasteiger partial charge in [-0.3, -0.25) is 9.59 Å². The number of aliphatic hydroxyl groups is 2. The van der Waals surface area contributed by atoms with Crippen LogP contribution in [0.1, 0.15) is 58.9 Å². The molecule has 1 unspecified atom stereocenters. The number of nitrogens with zero attached hydrogens (tertiary/aromatic N) is 1. The summed E-state index contributed by atoms with van der Waals surface area (Å²) in [5.41, 5.74) is -0.872. The highest BCUT2D eigenvalue weighted by Crippen LogP contribution is 2.46. The molecule has 1 aromatic rings. The molecule has 7 heteroatoms. The summed E-state index contributed by atoms with van der Waals surface area (Å²) in [4.78, 5) is 27.9. The lowest BCUT2D eigenvalue weighted by atomic mass is 9.66. The summed E-state index contributed by atoms with van der Waals surface area (Å²) >= 11 is 6.01. The highest BCUT2D eigenvalue weighted by atomic mass is 35.5. The molecule has 2 aliphatic rings. The van der Waals surface area contributed by atoms with E-state index in [1.54, 1.807) is 17.0 Å². The van der Waals surface area contributed by atoms with Gasteiger partial charge in [-0.25, -0.2) is 0 Å². The number of nitrogens with one attached hydrogen (secondary N) is 1. The molecule has 1 heterocycles. The number of piperidine rings is 1. The first-order valence-corrected chi connectivity index (χ1v) is 11.6. The lowest BCUT2D eigenvalue weighted by Gasteiger charge is -2.51. The molecular formula is C24H35ClN2O4. The van der Waals surface area contributed by atoms with E-state index in [0.29, 0.717) is 43.8 Å². The molecule has 0 radical (unpaired) electrons. The van der Waals surface area contributed by atoms with Crippen molar-refractivity contribution in [2.45, 2.75) is 71.1 Å². The Labute approximate surface area is 190 Å². The van der Waals surface area contributed by atoms with E-state index in [2.05, 4.69) is 5.32 Å². The van der Waals surface area contributed by atoms with Crippen molar-refractivity contribution in [2.75, 3.05) is 13.1 Å². The third-order valence-electron chi connectivity index (χ3n) is 7.09. The Morgan fingerprint density at radius 2 is 1.84 bits per heavy atom. The van der Waals surface area contributed by atoms with E-state index in [1.165, 1.54) is 0 Å². The smallest absolute Gasteiger partial charge is 0.245 e. The zero-order valence-electron chi connectivity index (χ0n) is 18.9. The van der Waals surface area contributed by atoms with Gasteiger partial charge in [0.1, 0.15) is 6.04 Å². The lowest BCUT2D eigenvalue weighted by molar-refractivity contribution is -0.157. The molecule has 2 fully saturated rings. The summed E-state index contributed by atoms with van der Waals surface area (Å²) in [5.74, 6) is -0.578. The van der Waals surface area contributed by atoms with Gasteiger partial charge in [0.15, 0.2) is 0 Å². The monoisotopic (exact) mass is 450 g/mol. The Balaban J connectivity index is 1.72. The molecule has 172 valence electrons. The minimum Gasteiger partial charge on any atom is -0.393 e. The van der Waals surface area contributed by atoms with Crippen molar-refractivity contribution < 1.29 is 19.8 Å². The molecular weight excluding hydrogens is 416 g/mol. The summed E-state index contributed by atoms with van der Waals surface area (Å²) in [6.07, 6.45) is 1.70. The first-order chi connectivity index (χ1) is 14.4. The Morgan fingerprint density at radius 1 is 1.19 bits per heavy atom. The van der Waals surface area contributed by atoms with Crippen LogP contribution in [0.2, 0.25) is 5.02 Å². The van der Waals surface area contributed by atoms with Crippen LogP contribution < -0.4 is 5.32 Å². The SMILES string of the molecule is CC(C)[C@@H](NC(=O)[C@@H]1CCC(O)C1)C(=O)N1CC[C@](O)(c2ccc(Cl)cc2)C(C)(C)C1. The average molecular weight is 451 g/mol. The fourth-order valence-electron chi connectivity index (χ4n) is 4.95. The number of carbonyl (C=O) groups is 2. The second-order valence-electron chi connectivity index (χ2n) is 10.2. The molecule has 3 rings (SSSR count). The van der Waals surface area contributed by atoms with Crippen LogP contribution in [-0.4, -0.2) is 52.2 Å². The summed E-state index contributed by atoms with van der Waals surface area (Å²) in [5, 5.41) is 24.8. The number of rotatable bonds is 5. The van der Waals surface area contributed by atoms with Gasteiger partial charge in [-0.2, -0.15) is 0 Å². The number of carbonyl (C=O) groups excluding carboxylic acids is 2. The van der Waals surface area contributed by atoms with Crippen LogP contribution in [0.5, 0.6) is 0 Å². The van der Waals surface area contributed by atoms with E-state index >= 15 is 0 Å². The first-order valence-electron chi connectivity index (χ1n) is 11.2. The minimum atomic E-state index is -1.08. The summed E-state index contributed by atoms with van der Waals surface area (Å²) < 4.78 is 0. The second kappa shape index (κ2) is 9.08. The molecule has 2 amide bonds. The van der Waals surface area contributed by atoms with Crippen molar-refractivity contribution in [3.8, 4) is 0 Å². The number of amides is 2. The molecule has 1 aliphatic carbocycles. The van der Waals surface area contributed by atoms with Crippen LogP contribution in [-0.2, 0) is 15.2 Å². The lowest BCUT2D eigenvalue weighted by Crippen LogP contribution is -2.60. The van der Waals surface area contributed by atoms with Gasteiger partial charge in [0, 0.05) is 29.4 Å². The van der Waals surface area contributed by atoms with Crippen molar-refractivity contribution in [2.24, 2.45) is 17.3 Å². The van der Waals surface area contributed by atoms with E-state index in [-0.39, 0.29) is 23.7 Å². The molecule has 1 saturated carbocycles. The van der Waals surface area contributed by atoms with E-state index in [0.717, 1.165) is 5.56 Å². The molecule has 31 heavy (non-hydrogen) atoms. The summed E-state index contributed by atoms with van der Waals surface area (Å²) in [7, 11) is 0. The topological polar surface area (TPSA) is 89.9 Å². The molecule has 3 N–H and O–H groups in total. The Morgan fingerprint density at radius 3 is 2.35 bits per heavy atom. The molecule has 1 aromatic carbocycles. The standard InChI is InChI=1S/C24H35ClN2O4/c1-15(2)20(26-21(29)16-5-10-19(28)13-16)22(30)27-12-11-24(31,23(3,4)14-27)17-6-8-18(25)9-7-17/h6-9,15-16,19-20,28,31H,5,10-14H2,1-4H3,(H,26,29)/t16-,19?,20-,24+/m1/s1. The normalized spacial score (nSPS) is 29.1. The molecule has 0 spiro atoms. The van der Waals surface area contributed by atoms with Crippen molar-refractivity contribution in [3.63, 3.8) is 0 Å². The quantitative estimate of drug-likeness (QED) is 0.643. The van der Waals surface area contributed by atoms with Crippen LogP contribution in [0.3, 0.4) is 0 Å². The van der Waals surface area contributed by atoms with E-state index in [1.807, 2.05) is 39.8 Å². The van der Waals surface area contributed by atoms with Gasteiger partial charge in [-0.05, 0) is 49.3 Å². The molecule has 1 aliphatic heterocycles. The fourth-order valence-corrected chi connectivity index (χ4v) is 5.07. The average Bonchev–Trinajstić information content (AvgIpc) is 3.14. The predicted octanol–water partition coefficient (Wildman–Crippen LogP) is 3.09. The summed E-state index contributed by atoms with van der Waals surface area (Å²) in [6, 6.07) is 6.60. The van der Waals surface area contributed by atoms with E-state index in [4.69, 9.17) is 11.6 Å². The number of aliphatic hydroxyl groups excluding tert-OH is 1. The predicted molar refractivity (Wildman–Crippen MR) is 120 cm³/mol. The highest BCUT2D eigenvalue weighted by molar-refractivity contribution is 6.30. The molecule has 0 aromatic heterocycles. The molecule has 6 nitrogen and oxygen atoms in total. The van der Waals surface area contributed by atoms with E-state index < -0.39 is 23.2 Å². The van der Waals surface area contributed by atoms with Gasteiger partial charge in [0.05, 0.1) is 11.7 Å². The molecule has 0 bridgehead atoms. The summed E-state index contributed by atoms with van der Waals surface area (Å²) in [6.45, 7) is 8.56. The van der Waals surface area contributed by atoms with E-state index in [9.17, 15) is 19.8 Å². The zero-order chi connectivity index (χ0) is 23.0. The molecule has 1 saturated heterocycles. The van der Waals surface area contributed by atoms with Crippen molar-refractivity contribution in [1.82, 2.24) is 10.2 Å².